The van der Waals surface area contributed by atoms with E-state index in [1.54, 1.807) is 0 Å². The van der Waals surface area contributed by atoms with Gasteiger partial charge in [0.1, 0.15) is 0 Å². The van der Waals surface area contributed by atoms with Crippen molar-refractivity contribution >= 4 is 0 Å². The summed E-state index contributed by atoms with van der Waals surface area (Å²) >= 11 is 0. The maximum absolute atomic E-state index is 9.36. The molecular weight excluding hydrogens is 188 g/mol. The molecular formula is C12H26N2O. The van der Waals surface area contributed by atoms with Crippen LogP contribution in [0, 0.1) is 0 Å². The molecule has 90 valence electrons. The van der Waals surface area contributed by atoms with Gasteiger partial charge in [-0.3, -0.25) is 0 Å². The molecule has 0 spiro atoms. The zero-order chi connectivity index (χ0) is 11.1. The van der Waals surface area contributed by atoms with Gasteiger partial charge >= 0.3 is 0 Å². The van der Waals surface area contributed by atoms with E-state index in [9.17, 15) is 5.11 Å². The van der Waals surface area contributed by atoms with Gasteiger partial charge in [0.25, 0.3) is 0 Å². The Morgan fingerprint density at radius 3 is 2.67 bits per heavy atom. The Hall–Kier alpha value is -0.120. The fourth-order valence-corrected chi connectivity index (χ4v) is 1.94. The van der Waals surface area contributed by atoms with E-state index < -0.39 is 0 Å². The minimum Gasteiger partial charge on any atom is -0.393 e. The van der Waals surface area contributed by atoms with Gasteiger partial charge in [0.05, 0.1) is 6.10 Å². The van der Waals surface area contributed by atoms with Gasteiger partial charge in [-0.05, 0) is 45.7 Å². The predicted molar refractivity (Wildman–Crippen MR) is 64.1 cm³/mol. The summed E-state index contributed by atoms with van der Waals surface area (Å²) in [7, 11) is 0. The monoisotopic (exact) mass is 214 g/mol. The second kappa shape index (κ2) is 7.20. The first-order valence-corrected chi connectivity index (χ1v) is 6.36. The van der Waals surface area contributed by atoms with Gasteiger partial charge in [0.15, 0.2) is 0 Å². The van der Waals surface area contributed by atoms with Crippen LogP contribution in [0.4, 0.5) is 0 Å². The number of hydrogen-bond donors (Lipinski definition) is 2. The fraction of sp³-hybridized carbons (Fsp3) is 1.00. The Morgan fingerprint density at radius 1 is 1.40 bits per heavy atom. The molecule has 0 aromatic heterocycles. The summed E-state index contributed by atoms with van der Waals surface area (Å²) in [6.07, 6.45) is 4.30. The van der Waals surface area contributed by atoms with Gasteiger partial charge in [0.2, 0.25) is 0 Å². The molecule has 0 aromatic carbocycles. The van der Waals surface area contributed by atoms with Crippen molar-refractivity contribution in [1.82, 2.24) is 10.2 Å². The number of aliphatic hydroxyl groups excluding tert-OH is 1. The first-order chi connectivity index (χ1) is 7.22. The maximum Gasteiger partial charge on any atom is 0.0564 e. The second-order valence-electron chi connectivity index (χ2n) is 4.69. The summed E-state index contributed by atoms with van der Waals surface area (Å²) in [6, 6.07) is 0.646. The predicted octanol–water partition coefficient (Wildman–Crippen LogP) is 1.22. The van der Waals surface area contributed by atoms with Gasteiger partial charge in [0, 0.05) is 19.1 Å². The third-order valence-corrected chi connectivity index (χ3v) is 3.31. The highest BCUT2D eigenvalue weighted by molar-refractivity contribution is 4.71. The van der Waals surface area contributed by atoms with E-state index in [-0.39, 0.29) is 6.10 Å². The number of nitrogens with one attached hydrogen (secondary N) is 1. The summed E-state index contributed by atoms with van der Waals surface area (Å²) in [5, 5.41) is 12.9. The molecule has 0 radical (unpaired) electrons. The average molecular weight is 214 g/mol. The Labute approximate surface area is 93.9 Å². The van der Waals surface area contributed by atoms with E-state index in [4.69, 9.17) is 0 Å². The van der Waals surface area contributed by atoms with E-state index in [0.29, 0.717) is 6.04 Å². The lowest BCUT2D eigenvalue weighted by atomic mass is 10.1. The molecule has 1 fully saturated rings. The van der Waals surface area contributed by atoms with Gasteiger partial charge in [-0.15, -0.1) is 0 Å². The van der Waals surface area contributed by atoms with Crippen molar-refractivity contribution in [3.63, 3.8) is 0 Å². The number of hydrogen-bond acceptors (Lipinski definition) is 3. The molecule has 0 aliphatic carbocycles. The fourth-order valence-electron chi connectivity index (χ4n) is 1.94. The minimum absolute atomic E-state index is 0.0421. The molecule has 3 nitrogen and oxygen atoms in total. The SMILES string of the molecule is CCC(C)NCCCN1CCC(O)CC1. The largest absolute Gasteiger partial charge is 0.393 e. The van der Waals surface area contributed by atoms with Crippen LogP contribution in [0.1, 0.15) is 39.5 Å². The van der Waals surface area contributed by atoms with Crippen LogP contribution in [-0.2, 0) is 0 Å². The van der Waals surface area contributed by atoms with Crippen molar-refractivity contribution in [3.8, 4) is 0 Å². The highest BCUT2D eigenvalue weighted by atomic mass is 16.3. The molecule has 0 aromatic rings. The molecule has 2 N–H and O–H groups in total. The first-order valence-electron chi connectivity index (χ1n) is 6.36. The molecule has 1 aliphatic rings. The van der Waals surface area contributed by atoms with Crippen LogP contribution in [0.2, 0.25) is 0 Å². The number of piperidine rings is 1. The number of aliphatic hydroxyl groups is 1. The summed E-state index contributed by atoms with van der Waals surface area (Å²) < 4.78 is 0. The van der Waals surface area contributed by atoms with E-state index in [1.165, 1.54) is 19.4 Å². The lowest BCUT2D eigenvalue weighted by Gasteiger charge is -2.29. The number of likely N-dealkylation sites (tertiary alicyclic amines) is 1. The Balaban J connectivity index is 1.96. The topological polar surface area (TPSA) is 35.5 Å². The molecule has 1 saturated heterocycles. The van der Waals surface area contributed by atoms with E-state index >= 15 is 0 Å². The molecule has 0 amide bonds. The zero-order valence-corrected chi connectivity index (χ0v) is 10.2. The third-order valence-electron chi connectivity index (χ3n) is 3.31. The van der Waals surface area contributed by atoms with Crippen LogP contribution in [0.3, 0.4) is 0 Å². The van der Waals surface area contributed by atoms with Crippen LogP contribution < -0.4 is 5.32 Å². The van der Waals surface area contributed by atoms with Crippen molar-refractivity contribution in [1.29, 1.82) is 0 Å². The van der Waals surface area contributed by atoms with Crippen molar-refractivity contribution in [3.05, 3.63) is 0 Å². The molecule has 0 saturated carbocycles. The molecule has 1 aliphatic heterocycles. The van der Waals surface area contributed by atoms with Crippen LogP contribution in [0.15, 0.2) is 0 Å². The molecule has 0 bridgehead atoms. The van der Waals surface area contributed by atoms with Gasteiger partial charge < -0.3 is 15.3 Å². The van der Waals surface area contributed by atoms with Gasteiger partial charge in [-0.25, -0.2) is 0 Å². The zero-order valence-electron chi connectivity index (χ0n) is 10.2. The van der Waals surface area contributed by atoms with Crippen molar-refractivity contribution in [2.75, 3.05) is 26.2 Å². The van der Waals surface area contributed by atoms with Crippen LogP contribution in [0.5, 0.6) is 0 Å². The summed E-state index contributed by atoms with van der Waals surface area (Å²) in [5.74, 6) is 0. The standard InChI is InChI=1S/C12H26N2O/c1-3-11(2)13-7-4-8-14-9-5-12(15)6-10-14/h11-13,15H,3-10H2,1-2H3. The highest BCUT2D eigenvalue weighted by Crippen LogP contribution is 2.09. The lowest BCUT2D eigenvalue weighted by Crippen LogP contribution is -2.37. The first kappa shape index (κ1) is 12.9. The minimum atomic E-state index is -0.0421. The Morgan fingerprint density at radius 2 is 2.07 bits per heavy atom. The average Bonchev–Trinajstić information content (AvgIpc) is 2.26. The van der Waals surface area contributed by atoms with E-state index in [2.05, 4.69) is 24.1 Å². The molecule has 3 heteroatoms. The molecule has 1 rings (SSSR count). The quantitative estimate of drug-likeness (QED) is 0.653. The Kier molecular flexibility index (Phi) is 6.22. The summed E-state index contributed by atoms with van der Waals surface area (Å²) in [5.41, 5.74) is 0. The van der Waals surface area contributed by atoms with Gasteiger partial charge in [-0.2, -0.15) is 0 Å². The van der Waals surface area contributed by atoms with Crippen molar-refractivity contribution in [2.45, 2.75) is 51.7 Å². The summed E-state index contributed by atoms with van der Waals surface area (Å²) in [6.45, 7) is 8.89. The van der Waals surface area contributed by atoms with Crippen molar-refractivity contribution < 1.29 is 5.11 Å². The number of nitrogens with zero attached hydrogens (tertiary/aromatic N) is 1. The maximum atomic E-state index is 9.36. The molecule has 1 atom stereocenters. The Bertz CT molecular complexity index is 156. The highest BCUT2D eigenvalue weighted by Gasteiger charge is 2.15. The van der Waals surface area contributed by atoms with E-state index in [1.807, 2.05) is 0 Å². The number of rotatable bonds is 6. The summed E-state index contributed by atoms with van der Waals surface area (Å²) in [4.78, 5) is 2.46. The molecule has 15 heavy (non-hydrogen) atoms. The smallest absolute Gasteiger partial charge is 0.0564 e. The van der Waals surface area contributed by atoms with Crippen LogP contribution in [-0.4, -0.2) is 48.3 Å². The van der Waals surface area contributed by atoms with Crippen LogP contribution >= 0.6 is 0 Å². The second-order valence-corrected chi connectivity index (χ2v) is 4.69. The molecule has 1 unspecified atom stereocenters. The normalized spacial score (nSPS) is 21.8. The molecule has 1 heterocycles. The van der Waals surface area contributed by atoms with Crippen molar-refractivity contribution in [2.24, 2.45) is 0 Å². The van der Waals surface area contributed by atoms with E-state index in [0.717, 1.165) is 32.5 Å². The lowest BCUT2D eigenvalue weighted by molar-refractivity contribution is 0.0820. The third kappa shape index (κ3) is 5.50. The van der Waals surface area contributed by atoms with Gasteiger partial charge in [-0.1, -0.05) is 6.92 Å². The van der Waals surface area contributed by atoms with Crippen LogP contribution in [0.25, 0.3) is 0 Å².